The fourth-order valence-corrected chi connectivity index (χ4v) is 1.83. The van der Waals surface area contributed by atoms with E-state index in [4.69, 9.17) is 16.3 Å². The van der Waals surface area contributed by atoms with Crippen molar-refractivity contribution in [3.8, 4) is 0 Å². The van der Waals surface area contributed by atoms with Crippen LogP contribution in [0.5, 0.6) is 0 Å². The van der Waals surface area contributed by atoms with E-state index in [9.17, 15) is 9.59 Å². The molecule has 9 nitrogen and oxygen atoms in total. The second-order valence-electron chi connectivity index (χ2n) is 4.84. The number of carbonyl (C=O) groups excluding carboxylic acids is 2. The molecule has 1 aromatic carbocycles. The van der Waals surface area contributed by atoms with E-state index in [1.54, 1.807) is 6.07 Å². The Morgan fingerprint density at radius 2 is 2.00 bits per heavy atom. The van der Waals surface area contributed by atoms with Crippen molar-refractivity contribution in [2.45, 2.75) is 12.6 Å². The van der Waals surface area contributed by atoms with Crippen LogP contribution in [0.25, 0.3) is 0 Å². The molecule has 2 aromatic rings. The first-order valence-corrected chi connectivity index (χ1v) is 7.79. The zero-order valence-electron chi connectivity index (χ0n) is 13.8. The summed E-state index contributed by atoms with van der Waals surface area (Å²) in [5.41, 5.74) is 3.36. The normalized spacial score (nSPS) is 11.6. The zero-order chi connectivity index (χ0) is 18.8. The number of benzene rings is 1. The molecule has 0 aliphatic heterocycles. The lowest BCUT2D eigenvalue weighted by Gasteiger charge is -2.12. The standard InChI is InChI=1S/C16H16ClN5O4/c1-25-15(23)12(9-18-21-14-8-7-13(17)20-22-14)19-16(24)26-10-11-5-3-2-4-6-11/h2-9,12H,10H2,1H3,(H,19,24)(H,21,22)/b18-9+. The van der Waals surface area contributed by atoms with Gasteiger partial charge in [-0.1, -0.05) is 41.9 Å². The Morgan fingerprint density at radius 1 is 1.23 bits per heavy atom. The molecule has 1 amide bonds. The first-order valence-electron chi connectivity index (χ1n) is 7.42. The van der Waals surface area contributed by atoms with Crippen molar-refractivity contribution in [1.29, 1.82) is 0 Å². The molecule has 10 heteroatoms. The van der Waals surface area contributed by atoms with Gasteiger partial charge < -0.3 is 14.8 Å². The Hall–Kier alpha value is -3.20. The van der Waals surface area contributed by atoms with Gasteiger partial charge in [0, 0.05) is 0 Å². The summed E-state index contributed by atoms with van der Waals surface area (Å²) in [5, 5.41) is 13.8. The maximum atomic E-state index is 11.9. The number of methoxy groups -OCH3 is 1. The lowest BCUT2D eigenvalue weighted by molar-refractivity contribution is -0.141. The number of amides is 1. The van der Waals surface area contributed by atoms with Crippen LogP contribution in [0.15, 0.2) is 47.6 Å². The van der Waals surface area contributed by atoms with Crippen LogP contribution >= 0.6 is 11.6 Å². The van der Waals surface area contributed by atoms with Crippen LogP contribution in [0.1, 0.15) is 5.56 Å². The van der Waals surface area contributed by atoms with Gasteiger partial charge >= 0.3 is 12.1 Å². The fourth-order valence-electron chi connectivity index (χ4n) is 1.73. The number of carbonyl (C=O) groups is 2. The molecule has 0 aliphatic rings. The van der Waals surface area contributed by atoms with Crippen molar-refractivity contribution in [3.05, 3.63) is 53.2 Å². The molecule has 0 saturated heterocycles. The summed E-state index contributed by atoms with van der Waals surface area (Å²) < 4.78 is 9.67. The largest absolute Gasteiger partial charge is 0.467 e. The van der Waals surface area contributed by atoms with Gasteiger partial charge in [0.25, 0.3) is 0 Å². The summed E-state index contributed by atoms with van der Waals surface area (Å²) in [6, 6.07) is 11.0. The minimum absolute atomic E-state index is 0.0658. The van der Waals surface area contributed by atoms with Crippen molar-refractivity contribution >= 4 is 35.7 Å². The molecule has 1 heterocycles. The molecule has 26 heavy (non-hydrogen) atoms. The average molecular weight is 378 g/mol. The highest BCUT2D eigenvalue weighted by molar-refractivity contribution is 6.29. The lowest BCUT2D eigenvalue weighted by Crippen LogP contribution is -2.43. The van der Waals surface area contributed by atoms with Crippen LogP contribution in [-0.2, 0) is 20.9 Å². The van der Waals surface area contributed by atoms with Gasteiger partial charge in [0.1, 0.15) is 6.61 Å². The molecule has 0 bridgehead atoms. The first kappa shape index (κ1) is 19.1. The highest BCUT2D eigenvalue weighted by Crippen LogP contribution is 2.05. The highest BCUT2D eigenvalue weighted by atomic mass is 35.5. The van der Waals surface area contributed by atoms with Gasteiger partial charge in [-0.15, -0.1) is 10.2 Å². The molecule has 0 radical (unpaired) electrons. The van der Waals surface area contributed by atoms with E-state index in [-0.39, 0.29) is 11.8 Å². The predicted octanol–water partition coefficient (Wildman–Crippen LogP) is 2.00. The Labute approximate surface area is 154 Å². The number of anilines is 1. The Morgan fingerprint density at radius 3 is 2.65 bits per heavy atom. The number of hydrogen-bond acceptors (Lipinski definition) is 8. The molecular formula is C16H16ClN5O4. The highest BCUT2D eigenvalue weighted by Gasteiger charge is 2.20. The topological polar surface area (TPSA) is 115 Å². The molecule has 1 atom stereocenters. The van der Waals surface area contributed by atoms with Gasteiger partial charge in [-0.3, -0.25) is 5.43 Å². The number of ether oxygens (including phenoxy) is 2. The van der Waals surface area contributed by atoms with Crippen LogP contribution < -0.4 is 10.7 Å². The number of rotatable bonds is 7. The molecule has 1 aromatic heterocycles. The SMILES string of the molecule is COC(=O)C(/C=N/Nc1ccc(Cl)nn1)NC(=O)OCc1ccccc1. The van der Waals surface area contributed by atoms with E-state index >= 15 is 0 Å². The molecule has 2 rings (SSSR count). The minimum atomic E-state index is -1.14. The summed E-state index contributed by atoms with van der Waals surface area (Å²) in [6.45, 7) is 0.0658. The molecule has 1 unspecified atom stereocenters. The molecule has 0 saturated carbocycles. The average Bonchev–Trinajstić information content (AvgIpc) is 2.67. The second-order valence-corrected chi connectivity index (χ2v) is 5.23. The number of hydrazone groups is 1. The molecule has 0 spiro atoms. The van der Waals surface area contributed by atoms with Gasteiger partial charge in [0.05, 0.1) is 13.3 Å². The number of hydrogen-bond donors (Lipinski definition) is 2. The summed E-state index contributed by atoms with van der Waals surface area (Å²) in [4.78, 5) is 23.6. The lowest BCUT2D eigenvalue weighted by atomic mass is 10.2. The second kappa shape index (κ2) is 9.94. The van der Waals surface area contributed by atoms with Gasteiger partial charge in [-0.25, -0.2) is 9.59 Å². The summed E-state index contributed by atoms with van der Waals surface area (Å²) in [5.74, 6) is -0.407. The molecule has 0 aliphatic carbocycles. The van der Waals surface area contributed by atoms with Gasteiger partial charge in [0.2, 0.25) is 0 Å². The van der Waals surface area contributed by atoms with Crippen LogP contribution in [0.3, 0.4) is 0 Å². The Kier molecular flexibility index (Phi) is 7.31. The van der Waals surface area contributed by atoms with Crippen molar-refractivity contribution < 1.29 is 19.1 Å². The number of esters is 1. The first-order chi connectivity index (χ1) is 12.6. The van der Waals surface area contributed by atoms with E-state index in [1.165, 1.54) is 13.2 Å². The predicted molar refractivity (Wildman–Crippen MR) is 94.7 cm³/mol. The monoisotopic (exact) mass is 377 g/mol. The molecular weight excluding hydrogens is 362 g/mol. The summed E-state index contributed by atoms with van der Waals surface area (Å²) >= 11 is 5.63. The maximum Gasteiger partial charge on any atom is 0.408 e. The molecule has 136 valence electrons. The van der Waals surface area contributed by atoms with Crippen LogP contribution in [0.2, 0.25) is 5.15 Å². The smallest absolute Gasteiger partial charge is 0.408 e. The van der Waals surface area contributed by atoms with E-state index in [0.717, 1.165) is 11.8 Å². The quantitative estimate of drug-likeness (QED) is 0.430. The van der Waals surface area contributed by atoms with Gasteiger partial charge in [0.15, 0.2) is 17.0 Å². The van der Waals surface area contributed by atoms with Crippen molar-refractivity contribution in [2.24, 2.45) is 5.10 Å². The van der Waals surface area contributed by atoms with Crippen LogP contribution in [0, 0.1) is 0 Å². The van der Waals surface area contributed by atoms with E-state index in [2.05, 4.69) is 30.8 Å². The van der Waals surface area contributed by atoms with Crippen LogP contribution in [-0.4, -0.2) is 41.6 Å². The Balaban J connectivity index is 1.89. The van der Waals surface area contributed by atoms with Gasteiger partial charge in [-0.05, 0) is 17.7 Å². The third-order valence-corrected chi connectivity index (χ3v) is 3.18. The van der Waals surface area contributed by atoms with Crippen molar-refractivity contribution in [3.63, 3.8) is 0 Å². The van der Waals surface area contributed by atoms with Crippen molar-refractivity contribution in [1.82, 2.24) is 15.5 Å². The number of nitrogens with one attached hydrogen (secondary N) is 2. The number of halogens is 1. The van der Waals surface area contributed by atoms with E-state index < -0.39 is 18.1 Å². The third-order valence-electron chi connectivity index (χ3n) is 2.98. The van der Waals surface area contributed by atoms with Gasteiger partial charge in [-0.2, -0.15) is 5.10 Å². The van der Waals surface area contributed by atoms with Crippen molar-refractivity contribution in [2.75, 3.05) is 12.5 Å². The number of nitrogens with zero attached hydrogens (tertiary/aromatic N) is 3. The molecule has 2 N–H and O–H groups in total. The minimum Gasteiger partial charge on any atom is -0.467 e. The maximum absolute atomic E-state index is 11.9. The summed E-state index contributed by atoms with van der Waals surface area (Å²) in [7, 11) is 1.19. The van der Waals surface area contributed by atoms with E-state index in [1.807, 2.05) is 30.3 Å². The molecule has 0 fully saturated rings. The van der Waals surface area contributed by atoms with Crippen LogP contribution in [0.4, 0.5) is 10.6 Å². The number of alkyl carbamates (subject to hydrolysis) is 1. The Bertz CT molecular complexity index is 755. The fraction of sp³-hybridized carbons (Fsp3) is 0.188. The third kappa shape index (κ3) is 6.36. The van der Waals surface area contributed by atoms with E-state index in [0.29, 0.717) is 5.82 Å². The number of aromatic nitrogens is 2. The summed E-state index contributed by atoms with van der Waals surface area (Å²) in [6.07, 6.45) is 0.355. The zero-order valence-corrected chi connectivity index (χ0v) is 14.5.